The molecule has 1 aliphatic heterocycles. The van der Waals surface area contributed by atoms with Gasteiger partial charge in [-0.25, -0.2) is 0 Å². The molecule has 0 radical (unpaired) electrons. The first-order valence-corrected chi connectivity index (χ1v) is 4.09. The van der Waals surface area contributed by atoms with Crippen molar-refractivity contribution < 1.29 is 0 Å². The zero-order valence-electron chi connectivity index (χ0n) is 6.26. The van der Waals surface area contributed by atoms with E-state index in [4.69, 9.17) is 0 Å². The molecule has 0 fully saturated rings. The van der Waals surface area contributed by atoms with Crippen LogP contribution in [-0.4, -0.2) is 5.50 Å². The summed E-state index contributed by atoms with van der Waals surface area (Å²) >= 11 is 4.25. The Balaban J connectivity index is 2.43. The second-order valence-electron chi connectivity index (χ2n) is 2.74. The molecule has 1 aromatic rings. The van der Waals surface area contributed by atoms with Gasteiger partial charge in [0, 0.05) is 0 Å². The summed E-state index contributed by atoms with van der Waals surface area (Å²) in [5.74, 6) is 0. The van der Waals surface area contributed by atoms with Crippen molar-refractivity contribution in [1.82, 2.24) is 0 Å². The van der Waals surface area contributed by atoms with E-state index in [-0.39, 0.29) is 5.50 Å². The quantitative estimate of drug-likeness (QED) is 0.514. The molecule has 2 nitrogen and oxygen atoms in total. The van der Waals surface area contributed by atoms with Gasteiger partial charge >= 0.3 is 0 Å². The van der Waals surface area contributed by atoms with Gasteiger partial charge in [-0.1, -0.05) is 6.07 Å². The van der Waals surface area contributed by atoms with Gasteiger partial charge in [-0.05, 0) is 24.6 Å². The Kier molecular flexibility index (Phi) is 1.46. The molecule has 3 heteroatoms. The molecule has 1 unspecified atom stereocenters. The van der Waals surface area contributed by atoms with Crippen LogP contribution in [0.4, 0.5) is 11.4 Å². The van der Waals surface area contributed by atoms with E-state index in [1.807, 2.05) is 0 Å². The van der Waals surface area contributed by atoms with Crippen LogP contribution in [0.15, 0.2) is 18.2 Å². The van der Waals surface area contributed by atoms with Crippen LogP contribution in [0, 0.1) is 6.92 Å². The summed E-state index contributed by atoms with van der Waals surface area (Å²) in [7, 11) is 0. The van der Waals surface area contributed by atoms with Crippen LogP contribution < -0.4 is 10.6 Å². The molecule has 2 N–H and O–H groups in total. The van der Waals surface area contributed by atoms with Crippen molar-refractivity contribution in [2.24, 2.45) is 0 Å². The lowest BCUT2D eigenvalue weighted by atomic mass is 10.2. The van der Waals surface area contributed by atoms with E-state index >= 15 is 0 Å². The molecule has 1 aliphatic rings. The molecule has 58 valence electrons. The number of benzene rings is 1. The van der Waals surface area contributed by atoms with Gasteiger partial charge in [0.2, 0.25) is 0 Å². The van der Waals surface area contributed by atoms with Crippen LogP contribution in [0.1, 0.15) is 5.56 Å². The number of aryl methyl sites for hydroxylation is 1. The first-order valence-electron chi connectivity index (χ1n) is 3.57. The van der Waals surface area contributed by atoms with E-state index in [2.05, 4.69) is 48.4 Å². The van der Waals surface area contributed by atoms with Crippen LogP contribution in [0.25, 0.3) is 0 Å². The Morgan fingerprint density at radius 3 is 2.82 bits per heavy atom. The first kappa shape index (κ1) is 6.85. The summed E-state index contributed by atoms with van der Waals surface area (Å²) in [5.41, 5.74) is 3.60. The largest absolute Gasteiger partial charge is 0.355 e. The maximum atomic E-state index is 4.25. The highest BCUT2D eigenvalue weighted by atomic mass is 32.1. The van der Waals surface area contributed by atoms with Gasteiger partial charge in [-0.3, -0.25) is 0 Å². The zero-order chi connectivity index (χ0) is 7.84. The monoisotopic (exact) mass is 166 g/mol. The highest BCUT2D eigenvalue weighted by Gasteiger charge is 2.14. The predicted octanol–water partition coefficient (Wildman–Crippen LogP) is 2.05. The van der Waals surface area contributed by atoms with Gasteiger partial charge in [-0.15, -0.1) is 12.6 Å². The van der Waals surface area contributed by atoms with E-state index in [1.165, 1.54) is 5.56 Å². The molecule has 0 aliphatic carbocycles. The molecule has 1 atom stereocenters. The van der Waals surface area contributed by atoms with Gasteiger partial charge in [0.05, 0.1) is 11.4 Å². The summed E-state index contributed by atoms with van der Waals surface area (Å²) in [6.45, 7) is 2.08. The van der Waals surface area contributed by atoms with Crippen molar-refractivity contribution in [1.29, 1.82) is 0 Å². The number of fused-ring (bicyclic) bond motifs is 1. The van der Waals surface area contributed by atoms with E-state index < -0.39 is 0 Å². The van der Waals surface area contributed by atoms with E-state index in [0.29, 0.717) is 0 Å². The molecular weight excluding hydrogens is 156 g/mol. The number of hydrogen-bond acceptors (Lipinski definition) is 3. The molecule has 0 aromatic heterocycles. The fourth-order valence-electron chi connectivity index (χ4n) is 1.23. The summed E-state index contributed by atoms with van der Waals surface area (Å²) < 4.78 is 0. The minimum absolute atomic E-state index is 0.0619. The van der Waals surface area contributed by atoms with Crippen LogP contribution in [0.2, 0.25) is 0 Å². The number of hydrogen-bond donors (Lipinski definition) is 3. The highest BCUT2D eigenvalue weighted by Crippen LogP contribution is 2.30. The molecular formula is C8H10N2S. The number of rotatable bonds is 0. The molecule has 0 saturated heterocycles. The third kappa shape index (κ3) is 1.16. The summed E-state index contributed by atoms with van der Waals surface area (Å²) in [5, 5.41) is 6.37. The van der Waals surface area contributed by atoms with Gasteiger partial charge in [0.25, 0.3) is 0 Å². The molecule has 0 amide bonds. The first-order chi connectivity index (χ1) is 5.25. The van der Waals surface area contributed by atoms with Crippen LogP contribution >= 0.6 is 12.6 Å². The standard InChI is InChI=1S/C8H10N2S/c1-5-2-3-6-7(4-5)10-8(11)9-6/h2-4,8-11H,1H3. The van der Waals surface area contributed by atoms with Gasteiger partial charge in [-0.2, -0.15) is 0 Å². The molecule has 0 spiro atoms. The third-order valence-electron chi connectivity index (χ3n) is 1.76. The van der Waals surface area contributed by atoms with Crippen LogP contribution in [0.5, 0.6) is 0 Å². The molecule has 11 heavy (non-hydrogen) atoms. The topological polar surface area (TPSA) is 24.1 Å². The van der Waals surface area contributed by atoms with Crippen molar-refractivity contribution in [2.75, 3.05) is 10.6 Å². The fourth-order valence-corrected chi connectivity index (χ4v) is 1.51. The van der Waals surface area contributed by atoms with Crippen molar-refractivity contribution in [3.05, 3.63) is 23.8 Å². The Morgan fingerprint density at radius 1 is 1.27 bits per heavy atom. The predicted molar refractivity (Wildman–Crippen MR) is 51.2 cm³/mol. The van der Waals surface area contributed by atoms with Crippen LogP contribution in [0.3, 0.4) is 0 Å². The Morgan fingerprint density at radius 2 is 2.00 bits per heavy atom. The molecule has 0 saturated carbocycles. The van der Waals surface area contributed by atoms with E-state index in [1.54, 1.807) is 0 Å². The summed E-state index contributed by atoms with van der Waals surface area (Å²) in [6.07, 6.45) is 0. The maximum Gasteiger partial charge on any atom is 0.143 e. The second-order valence-corrected chi connectivity index (χ2v) is 3.26. The molecule has 0 bridgehead atoms. The molecule has 1 heterocycles. The van der Waals surface area contributed by atoms with Crippen molar-refractivity contribution in [3.8, 4) is 0 Å². The average Bonchev–Trinajstić information content (AvgIpc) is 2.27. The Bertz CT molecular complexity index is 285. The lowest BCUT2D eigenvalue weighted by Gasteiger charge is -2.00. The third-order valence-corrected chi connectivity index (χ3v) is 2.02. The van der Waals surface area contributed by atoms with E-state index in [0.717, 1.165) is 11.4 Å². The van der Waals surface area contributed by atoms with E-state index in [9.17, 15) is 0 Å². The van der Waals surface area contributed by atoms with Gasteiger partial charge in [0.15, 0.2) is 0 Å². The lowest BCUT2D eigenvalue weighted by molar-refractivity contribution is 1.22. The normalized spacial score (nSPS) is 20.4. The minimum atomic E-state index is 0.0619. The minimum Gasteiger partial charge on any atom is -0.355 e. The van der Waals surface area contributed by atoms with Gasteiger partial charge in [0.1, 0.15) is 5.50 Å². The Hall–Kier alpha value is -0.830. The SMILES string of the molecule is Cc1ccc2c(c1)NC(S)N2. The lowest BCUT2D eigenvalue weighted by Crippen LogP contribution is -2.12. The zero-order valence-corrected chi connectivity index (χ0v) is 7.15. The second kappa shape index (κ2) is 2.34. The Labute approximate surface area is 71.4 Å². The maximum absolute atomic E-state index is 4.25. The average molecular weight is 166 g/mol. The highest BCUT2D eigenvalue weighted by molar-refractivity contribution is 7.81. The smallest absolute Gasteiger partial charge is 0.143 e. The number of nitrogens with one attached hydrogen (secondary N) is 2. The fraction of sp³-hybridized carbons (Fsp3) is 0.250. The van der Waals surface area contributed by atoms with Gasteiger partial charge < -0.3 is 10.6 Å². The number of anilines is 2. The summed E-state index contributed by atoms with van der Waals surface area (Å²) in [6, 6.07) is 6.26. The van der Waals surface area contributed by atoms with Crippen LogP contribution in [-0.2, 0) is 0 Å². The molecule has 2 rings (SSSR count). The van der Waals surface area contributed by atoms with Crippen molar-refractivity contribution in [3.63, 3.8) is 0 Å². The van der Waals surface area contributed by atoms with Crippen molar-refractivity contribution in [2.45, 2.75) is 12.4 Å². The summed E-state index contributed by atoms with van der Waals surface area (Å²) in [4.78, 5) is 0. The number of thiol groups is 1. The molecule has 1 aromatic carbocycles. The van der Waals surface area contributed by atoms with Crippen molar-refractivity contribution >= 4 is 24.0 Å².